The molecule has 0 saturated carbocycles. The van der Waals surface area contributed by atoms with E-state index in [4.69, 9.17) is 4.74 Å². The van der Waals surface area contributed by atoms with Gasteiger partial charge in [-0.15, -0.1) is 0 Å². The highest BCUT2D eigenvalue weighted by molar-refractivity contribution is 5.98. The number of aryl methyl sites for hydroxylation is 1. The molecule has 0 heterocycles. The molecule has 142 valence electrons. The molecule has 0 fully saturated rings. The first-order valence-corrected chi connectivity index (χ1v) is 9.06. The molecule has 0 aliphatic rings. The van der Waals surface area contributed by atoms with E-state index in [1.807, 2.05) is 42.5 Å². The zero-order valence-corrected chi connectivity index (χ0v) is 15.7. The smallest absolute Gasteiger partial charge is 0.307 e. The molecule has 0 spiro atoms. The summed E-state index contributed by atoms with van der Waals surface area (Å²) in [5.41, 5.74) is 2.59. The van der Waals surface area contributed by atoms with Crippen LogP contribution in [0.3, 0.4) is 0 Å². The van der Waals surface area contributed by atoms with Crippen LogP contribution < -0.4 is 5.32 Å². The SMILES string of the molecule is CCc1ccc(C(=O)CCC(=O)NC(CC(=O)OC)c2ccccc2)cc1. The van der Waals surface area contributed by atoms with Crippen molar-refractivity contribution in [2.24, 2.45) is 0 Å². The number of ketones is 1. The van der Waals surface area contributed by atoms with Crippen molar-refractivity contribution in [3.05, 3.63) is 71.3 Å². The summed E-state index contributed by atoms with van der Waals surface area (Å²) in [6.07, 6.45) is 1.15. The van der Waals surface area contributed by atoms with E-state index in [0.29, 0.717) is 5.56 Å². The molecule has 2 rings (SSSR count). The molecule has 1 unspecified atom stereocenters. The van der Waals surface area contributed by atoms with Gasteiger partial charge in [-0.3, -0.25) is 14.4 Å². The van der Waals surface area contributed by atoms with E-state index in [-0.39, 0.29) is 31.0 Å². The van der Waals surface area contributed by atoms with E-state index in [1.54, 1.807) is 12.1 Å². The van der Waals surface area contributed by atoms with Gasteiger partial charge in [0.25, 0.3) is 0 Å². The quantitative estimate of drug-likeness (QED) is 0.543. The fraction of sp³-hybridized carbons (Fsp3) is 0.318. The summed E-state index contributed by atoms with van der Waals surface area (Å²) in [5, 5.41) is 2.83. The third-order valence-corrected chi connectivity index (χ3v) is 4.40. The minimum Gasteiger partial charge on any atom is -0.469 e. The maximum absolute atomic E-state index is 12.3. The van der Waals surface area contributed by atoms with Gasteiger partial charge in [-0.05, 0) is 17.5 Å². The third-order valence-electron chi connectivity index (χ3n) is 4.40. The molecule has 1 atom stereocenters. The highest BCUT2D eigenvalue weighted by atomic mass is 16.5. The summed E-state index contributed by atoms with van der Waals surface area (Å²) >= 11 is 0. The van der Waals surface area contributed by atoms with Crippen LogP contribution in [0.5, 0.6) is 0 Å². The molecular weight excluding hydrogens is 342 g/mol. The van der Waals surface area contributed by atoms with Crippen LogP contribution in [0.2, 0.25) is 0 Å². The Bertz CT molecular complexity index is 769. The molecule has 1 amide bonds. The Labute approximate surface area is 159 Å². The monoisotopic (exact) mass is 367 g/mol. The lowest BCUT2D eigenvalue weighted by Crippen LogP contribution is -2.30. The molecule has 0 radical (unpaired) electrons. The van der Waals surface area contributed by atoms with Crippen molar-refractivity contribution < 1.29 is 19.1 Å². The number of hydrogen-bond acceptors (Lipinski definition) is 4. The van der Waals surface area contributed by atoms with Crippen LogP contribution in [-0.2, 0) is 20.7 Å². The summed E-state index contributed by atoms with van der Waals surface area (Å²) in [4.78, 5) is 36.2. The summed E-state index contributed by atoms with van der Waals surface area (Å²) < 4.78 is 4.71. The Hall–Kier alpha value is -2.95. The van der Waals surface area contributed by atoms with Gasteiger partial charge in [-0.25, -0.2) is 0 Å². The van der Waals surface area contributed by atoms with Crippen molar-refractivity contribution in [1.82, 2.24) is 5.32 Å². The van der Waals surface area contributed by atoms with Crippen molar-refractivity contribution in [3.63, 3.8) is 0 Å². The van der Waals surface area contributed by atoms with Gasteiger partial charge in [-0.1, -0.05) is 61.5 Å². The predicted molar refractivity (Wildman–Crippen MR) is 103 cm³/mol. The molecule has 0 bridgehead atoms. The highest BCUT2D eigenvalue weighted by Crippen LogP contribution is 2.18. The second-order valence-corrected chi connectivity index (χ2v) is 6.28. The van der Waals surface area contributed by atoms with Crippen LogP contribution in [-0.4, -0.2) is 24.8 Å². The van der Waals surface area contributed by atoms with Gasteiger partial charge < -0.3 is 10.1 Å². The van der Waals surface area contributed by atoms with E-state index < -0.39 is 12.0 Å². The zero-order valence-electron chi connectivity index (χ0n) is 15.7. The Morgan fingerprint density at radius 3 is 2.22 bits per heavy atom. The van der Waals surface area contributed by atoms with Gasteiger partial charge in [0.15, 0.2) is 5.78 Å². The lowest BCUT2D eigenvalue weighted by molar-refractivity contribution is -0.141. The molecule has 2 aromatic rings. The minimum absolute atomic E-state index is 0.0404. The van der Waals surface area contributed by atoms with E-state index in [1.165, 1.54) is 7.11 Å². The number of carbonyl (C=O) groups excluding carboxylic acids is 3. The standard InChI is InChI=1S/C22H25NO4/c1-3-16-9-11-18(12-10-16)20(24)13-14-21(25)23-19(15-22(26)27-2)17-7-5-4-6-8-17/h4-12,19H,3,13-15H2,1-2H3,(H,23,25). The number of nitrogens with one attached hydrogen (secondary N) is 1. The summed E-state index contributed by atoms with van der Waals surface area (Å²) in [7, 11) is 1.31. The van der Waals surface area contributed by atoms with Crippen LogP contribution in [0.4, 0.5) is 0 Å². The molecule has 0 aliphatic heterocycles. The molecule has 5 nitrogen and oxygen atoms in total. The van der Waals surface area contributed by atoms with Gasteiger partial charge in [-0.2, -0.15) is 0 Å². The number of hydrogen-bond donors (Lipinski definition) is 1. The summed E-state index contributed by atoms with van der Waals surface area (Å²) in [5.74, 6) is -0.750. The van der Waals surface area contributed by atoms with Gasteiger partial charge in [0.05, 0.1) is 19.6 Å². The van der Waals surface area contributed by atoms with Crippen molar-refractivity contribution in [2.45, 2.75) is 38.6 Å². The first-order chi connectivity index (χ1) is 13.0. The topological polar surface area (TPSA) is 72.5 Å². The fourth-order valence-corrected chi connectivity index (χ4v) is 2.75. The van der Waals surface area contributed by atoms with Gasteiger partial charge in [0.2, 0.25) is 5.91 Å². The van der Waals surface area contributed by atoms with Crippen LogP contribution >= 0.6 is 0 Å². The molecule has 0 aliphatic carbocycles. The first kappa shape index (κ1) is 20.4. The van der Waals surface area contributed by atoms with Crippen molar-refractivity contribution >= 4 is 17.7 Å². The molecule has 0 aromatic heterocycles. The molecule has 1 N–H and O–H groups in total. The number of methoxy groups -OCH3 is 1. The van der Waals surface area contributed by atoms with Crippen molar-refractivity contribution in [1.29, 1.82) is 0 Å². The zero-order chi connectivity index (χ0) is 19.6. The Kier molecular flexibility index (Phi) is 7.74. The second kappa shape index (κ2) is 10.3. The maximum Gasteiger partial charge on any atom is 0.307 e. The van der Waals surface area contributed by atoms with Gasteiger partial charge in [0, 0.05) is 18.4 Å². The molecule has 2 aromatic carbocycles. The normalized spacial score (nSPS) is 11.5. The van der Waals surface area contributed by atoms with E-state index in [0.717, 1.165) is 17.5 Å². The second-order valence-electron chi connectivity index (χ2n) is 6.28. The van der Waals surface area contributed by atoms with Crippen LogP contribution in [0, 0.1) is 0 Å². The summed E-state index contributed by atoms with van der Waals surface area (Å²) in [6, 6.07) is 16.2. The Morgan fingerprint density at radius 1 is 0.963 bits per heavy atom. The number of rotatable bonds is 9. The molecule has 5 heteroatoms. The van der Waals surface area contributed by atoms with Crippen LogP contribution in [0.1, 0.15) is 53.7 Å². The van der Waals surface area contributed by atoms with Crippen molar-refractivity contribution in [2.75, 3.05) is 7.11 Å². The Morgan fingerprint density at radius 2 is 1.63 bits per heavy atom. The lowest BCUT2D eigenvalue weighted by atomic mass is 10.0. The van der Waals surface area contributed by atoms with Gasteiger partial charge >= 0.3 is 5.97 Å². The minimum atomic E-state index is -0.481. The molecular formula is C22H25NO4. The lowest BCUT2D eigenvalue weighted by Gasteiger charge is -2.18. The van der Waals surface area contributed by atoms with E-state index >= 15 is 0 Å². The van der Waals surface area contributed by atoms with E-state index in [2.05, 4.69) is 12.2 Å². The number of esters is 1. The largest absolute Gasteiger partial charge is 0.469 e. The molecule has 27 heavy (non-hydrogen) atoms. The Balaban J connectivity index is 1.94. The van der Waals surface area contributed by atoms with Crippen LogP contribution in [0.15, 0.2) is 54.6 Å². The third kappa shape index (κ3) is 6.37. The number of carbonyl (C=O) groups is 3. The van der Waals surface area contributed by atoms with Gasteiger partial charge in [0.1, 0.15) is 0 Å². The van der Waals surface area contributed by atoms with Crippen LogP contribution in [0.25, 0.3) is 0 Å². The number of amides is 1. The maximum atomic E-state index is 12.3. The van der Waals surface area contributed by atoms with Crippen molar-refractivity contribution in [3.8, 4) is 0 Å². The summed E-state index contributed by atoms with van der Waals surface area (Å²) in [6.45, 7) is 2.05. The van der Waals surface area contributed by atoms with E-state index in [9.17, 15) is 14.4 Å². The number of Topliss-reactive ketones (excluding diaryl/α,β-unsaturated/α-hetero) is 1. The molecule has 0 saturated heterocycles. The predicted octanol–water partition coefficient (Wildman–Crippen LogP) is 3.63. The number of benzene rings is 2. The number of ether oxygens (including phenoxy) is 1. The first-order valence-electron chi connectivity index (χ1n) is 9.06. The average Bonchev–Trinajstić information content (AvgIpc) is 2.72. The average molecular weight is 367 g/mol. The fourth-order valence-electron chi connectivity index (χ4n) is 2.75. The highest BCUT2D eigenvalue weighted by Gasteiger charge is 2.19.